The summed E-state index contributed by atoms with van der Waals surface area (Å²) in [6.45, 7) is 0.837. The molecule has 0 saturated heterocycles. The van der Waals surface area contributed by atoms with Crippen LogP contribution in [0.1, 0.15) is 6.42 Å². The number of hydrogen-bond donors (Lipinski definition) is 1. The number of para-hydroxylation sites is 1. The molecule has 140 valence electrons. The molecule has 1 N–H and O–H groups in total. The van der Waals surface area contributed by atoms with Gasteiger partial charge >= 0.3 is 0 Å². The van der Waals surface area contributed by atoms with Crippen molar-refractivity contribution in [2.75, 3.05) is 19.8 Å². The van der Waals surface area contributed by atoms with Crippen LogP contribution in [0.15, 0.2) is 54.7 Å². The molecule has 2 aromatic carbocycles. The number of amides is 1. The van der Waals surface area contributed by atoms with Gasteiger partial charge in [0.05, 0.1) is 11.6 Å². The Morgan fingerprint density at radius 1 is 1.04 bits per heavy atom. The first kappa shape index (κ1) is 19.3. The van der Waals surface area contributed by atoms with E-state index in [1.54, 1.807) is 24.4 Å². The summed E-state index contributed by atoms with van der Waals surface area (Å²) in [4.78, 5) is 16.2. The van der Waals surface area contributed by atoms with Crippen LogP contribution in [0.3, 0.4) is 0 Å². The van der Waals surface area contributed by atoms with E-state index in [1.807, 2.05) is 30.3 Å². The van der Waals surface area contributed by atoms with Crippen LogP contribution < -0.4 is 14.8 Å². The predicted molar refractivity (Wildman–Crippen MR) is 107 cm³/mol. The summed E-state index contributed by atoms with van der Waals surface area (Å²) >= 11 is 11.8. The van der Waals surface area contributed by atoms with E-state index >= 15 is 0 Å². The lowest BCUT2D eigenvalue weighted by molar-refractivity contribution is -0.123. The summed E-state index contributed by atoms with van der Waals surface area (Å²) in [7, 11) is 0. The number of nitrogens with one attached hydrogen (secondary N) is 1. The molecule has 5 nitrogen and oxygen atoms in total. The van der Waals surface area contributed by atoms with Gasteiger partial charge in [0.25, 0.3) is 5.91 Å². The van der Waals surface area contributed by atoms with Crippen molar-refractivity contribution in [1.29, 1.82) is 0 Å². The highest BCUT2D eigenvalue weighted by Crippen LogP contribution is 2.27. The van der Waals surface area contributed by atoms with E-state index in [9.17, 15) is 4.79 Å². The molecule has 7 heteroatoms. The van der Waals surface area contributed by atoms with Crippen molar-refractivity contribution in [2.45, 2.75) is 6.42 Å². The average molecular weight is 405 g/mol. The molecule has 0 spiro atoms. The number of rotatable bonds is 8. The number of benzene rings is 2. The van der Waals surface area contributed by atoms with Crippen LogP contribution in [0.2, 0.25) is 10.0 Å². The minimum absolute atomic E-state index is 0.116. The third-order valence-electron chi connectivity index (χ3n) is 3.75. The molecule has 3 aromatic rings. The number of nitrogens with zero attached hydrogens (tertiary/aromatic N) is 1. The van der Waals surface area contributed by atoms with Crippen molar-refractivity contribution < 1.29 is 14.3 Å². The lowest BCUT2D eigenvalue weighted by atomic mass is 10.2. The van der Waals surface area contributed by atoms with Crippen molar-refractivity contribution in [1.82, 2.24) is 10.3 Å². The van der Waals surface area contributed by atoms with Gasteiger partial charge in [0, 0.05) is 23.2 Å². The average Bonchev–Trinajstić information content (AvgIpc) is 2.67. The first-order chi connectivity index (χ1) is 13.1. The standard InChI is InChI=1S/C20H18Cl2N2O3/c21-15-7-8-17(16(22)12-15)27-13-19(25)23-10-3-11-26-18-6-1-4-14-5-2-9-24-20(14)18/h1-2,4-9,12H,3,10-11,13H2,(H,23,25). The number of hydrogen-bond acceptors (Lipinski definition) is 4. The quantitative estimate of drug-likeness (QED) is 0.561. The molecule has 0 aliphatic heterocycles. The first-order valence-electron chi connectivity index (χ1n) is 8.44. The van der Waals surface area contributed by atoms with E-state index in [2.05, 4.69) is 10.3 Å². The van der Waals surface area contributed by atoms with E-state index in [4.69, 9.17) is 32.7 Å². The largest absolute Gasteiger partial charge is 0.491 e. The van der Waals surface area contributed by atoms with Crippen LogP contribution in [0.4, 0.5) is 0 Å². The molecule has 0 saturated carbocycles. The van der Waals surface area contributed by atoms with E-state index in [1.165, 1.54) is 0 Å². The zero-order chi connectivity index (χ0) is 19.1. The monoisotopic (exact) mass is 404 g/mol. The molecule has 1 amide bonds. The summed E-state index contributed by atoms with van der Waals surface area (Å²) in [6, 6.07) is 14.5. The second kappa shape index (κ2) is 9.44. The Bertz CT molecular complexity index is 929. The third kappa shape index (κ3) is 5.49. The van der Waals surface area contributed by atoms with Crippen LogP contribution in [-0.4, -0.2) is 30.6 Å². The fourth-order valence-electron chi connectivity index (χ4n) is 2.46. The summed E-state index contributed by atoms with van der Waals surface area (Å²) in [6.07, 6.45) is 2.40. The van der Waals surface area contributed by atoms with Gasteiger partial charge in [-0.1, -0.05) is 41.4 Å². The maximum atomic E-state index is 11.8. The fourth-order valence-corrected chi connectivity index (χ4v) is 2.92. The molecule has 1 aromatic heterocycles. The molecule has 0 unspecified atom stereocenters. The predicted octanol–water partition coefficient (Wildman–Crippen LogP) is 4.51. The number of pyridine rings is 1. The van der Waals surface area contributed by atoms with Crippen molar-refractivity contribution >= 4 is 40.0 Å². The summed E-state index contributed by atoms with van der Waals surface area (Å²) in [5.41, 5.74) is 0.831. The van der Waals surface area contributed by atoms with Gasteiger partial charge in [-0.3, -0.25) is 9.78 Å². The Kier molecular flexibility index (Phi) is 6.74. The molecule has 3 rings (SSSR count). The minimum atomic E-state index is -0.229. The Hall–Kier alpha value is -2.50. The van der Waals surface area contributed by atoms with Gasteiger partial charge in [0.2, 0.25) is 0 Å². The van der Waals surface area contributed by atoms with Crippen molar-refractivity contribution in [3.8, 4) is 11.5 Å². The third-order valence-corrected chi connectivity index (χ3v) is 4.28. The molecule has 27 heavy (non-hydrogen) atoms. The topological polar surface area (TPSA) is 60.5 Å². The second-order valence-electron chi connectivity index (χ2n) is 5.75. The smallest absolute Gasteiger partial charge is 0.257 e. The van der Waals surface area contributed by atoms with Gasteiger partial charge in [-0.25, -0.2) is 0 Å². The van der Waals surface area contributed by atoms with Gasteiger partial charge in [0.1, 0.15) is 17.0 Å². The molecule has 0 bridgehead atoms. The molecule has 0 radical (unpaired) electrons. The van der Waals surface area contributed by atoms with Gasteiger partial charge in [-0.05, 0) is 36.8 Å². The zero-order valence-electron chi connectivity index (χ0n) is 14.5. The van der Waals surface area contributed by atoms with Crippen LogP contribution >= 0.6 is 23.2 Å². The van der Waals surface area contributed by atoms with Crippen molar-refractivity contribution in [3.05, 3.63) is 64.8 Å². The zero-order valence-corrected chi connectivity index (χ0v) is 16.0. The molecule has 1 heterocycles. The maximum Gasteiger partial charge on any atom is 0.257 e. The molecular formula is C20H18Cl2N2O3. The number of carbonyl (C=O) groups excluding carboxylic acids is 1. The van der Waals surface area contributed by atoms with E-state index < -0.39 is 0 Å². The normalized spacial score (nSPS) is 10.6. The van der Waals surface area contributed by atoms with Crippen molar-refractivity contribution in [2.24, 2.45) is 0 Å². The molecular weight excluding hydrogens is 387 g/mol. The van der Waals surface area contributed by atoms with Crippen molar-refractivity contribution in [3.63, 3.8) is 0 Å². The highest BCUT2D eigenvalue weighted by Gasteiger charge is 2.07. The van der Waals surface area contributed by atoms with E-state index in [0.29, 0.717) is 35.4 Å². The Morgan fingerprint density at radius 2 is 1.89 bits per heavy atom. The van der Waals surface area contributed by atoms with Crippen LogP contribution in [0, 0.1) is 0 Å². The van der Waals surface area contributed by atoms with E-state index in [-0.39, 0.29) is 12.5 Å². The Labute approximate surface area is 167 Å². The van der Waals surface area contributed by atoms with Gasteiger partial charge in [-0.15, -0.1) is 0 Å². The lowest BCUT2D eigenvalue weighted by Gasteiger charge is -2.10. The van der Waals surface area contributed by atoms with E-state index in [0.717, 1.165) is 16.7 Å². The minimum Gasteiger partial charge on any atom is -0.491 e. The lowest BCUT2D eigenvalue weighted by Crippen LogP contribution is -2.30. The Balaban J connectivity index is 1.38. The summed E-state index contributed by atoms with van der Waals surface area (Å²) in [5, 5.41) is 4.69. The van der Waals surface area contributed by atoms with Gasteiger partial charge < -0.3 is 14.8 Å². The summed E-state index contributed by atoms with van der Waals surface area (Å²) in [5.74, 6) is 0.927. The van der Waals surface area contributed by atoms with Crippen LogP contribution in [-0.2, 0) is 4.79 Å². The number of carbonyl (C=O) groups is 1. The number of ether oxygens (including phenoxy) is 2. The van der Waals surface area contributed by atoms with Crippen LogP contribution in [0.25, 0.3) is 10.9 Å². The fraction of sp³-hybridized carbons (Fsp3) is 0.200. The Morgan fingerprint density at radius 3 is 2.74 bits per heavy atom. The SMILES string of the molecule is O=C(COc1ccc(Cl)cc1Cl)NCCCOc1cccc2cccnc12. The highest BCUT2D eigenvalue weighted by atomic mass is 35.5. The highest BCUT2D eigenvalue weighted by molar-refractivity contribution is 6.35. The number of fused-ring (bicyclic) bond motifs is 1. The molecule has 0 aliphatic rings. The van der Waals surface area contributed by atoms with Crippen LogP contribution in [0.5, 0.6) is 11.5 Å². The van der Waals surface area contributed by atoms with Gasteiger partial charge in [-0.2, -0.15) is 0 Å². The maximum absolute atomic E-state index is 11.8. The second-order valence-corrected chi connectivity index (χ2v) is 6.59. The first-order valence-corrected chi connectivity index (χ1v) is 9.20. The molecule has 0 aliphatic carbocycles. The molecule has 0 atom stereocenters. The molecule has 0 fully saturated rings. The number of halogens is 2. The van der Waals surface area contributed by atoms with Gasteiger partial charge in [0.15, 0.2) is 6.61 Å². The number of aromatic nitrogens is 1. The summed E-state index contributed by atoms with van der Waals surface area (Å²) < 4.78 is 11.2.